The smallest absolute Gasteiger partial charge is 0.248 e. The SMILES string of the molecule is O=C(COCCC1CCCCN1)N1CCCCC1. The molecule has 0 aromatic carbocycles. The maximum atomic E-state index is 11.8. The van der Waals surface area contributed by atoms with E-state index in [0.29, 0.717) is 12.6 Å². The number of likely N-dealkylation sites (tertiary alicyclic amines) is 1. The van der Waals surface area contributed by atoms with Crippen LogP contribution in [0.1, 0.15) is 44.9 Å². The molecule has 0 spiro atoms. The van der Waals surface area contributed by atoms with Gasteiger partial charge in [-0.1, -0.05) is 6.42 Å². The van der Waals surface area contributed by atoms with Gasteiger partial charge in [0.15, 0.2) is 0 Å². The summed E-state index contributed by atoms with van der Waals surface area (Å²) in [5, 5.41) is 3.50. The van der Waals surface area contributed by atoms with Crippen molar-refractivity contribution in [1.82, 2.24) is 10.2 Å². The van der Waals surface area contributed by atoms with Crippen molar-refractivity contribution in [3.8, 4) is 0 Å². The number of nitrogens with one attached hydrogen (secondary N) is 1. The van der Waals surface area contributed by atoms with Crippen LogP contribution in [-0.2, 0) is 9.53 Å². The van der Waals surface area contributed by atoms with Gasteiger partial charge in [0.1, 0.15) is 6.61 Å². The van der Waals surface area contributed by atoms with Crippen molar-refractivity contribution in [2.75, 3.05) is 32.8 Å². The molecule has 1 atom stereocenters. The number of hydrogen-bond acceptors (Lipinski definition) is 3. The minimum absolute atomic E-state index is 0.173. The number of piperidine rings is 2. The molecular formula is C14H26N2O2. The summed E-state index contributed by atoms with van der Waals surface area (Å²) in [6.45, 7) is 3.96. The van der Waals surface area contributed by atoms with Crippen LogP contribution in [0.15, 0.2) is 0 Å². The number of carbonyl (C=O) groups excluding carboxylic acids is 1. The molecular weight excluding hydrogens is 228 g/mol. The molecule has 0 saturated carbocycles. The first kappa shape index (κ1) is 13.8. The molecule has 2 aliphatic rings. The molecule has 4 heteroatoms. The zero-order valence-electron chi connectivity index (χ0n) is 11.3. The summed E-state index contributed by atoms with van der Waals surface area (Å²) in [5.74, 6) is 0.173. The molecule has 0 aromatic heterocycles. The molecule has 2 saturated heterocycles. The highest BCUT2D eigenvalue weighted by Gasteiger charge is 2.17. The van der Waals surface area contributed by atoms with Crippen LogP contribution < -0.4 is 5.32 Å². The summed E-state index contributed by atoms with van der Waals surface area (Å²) in [4.78, 5) is 13.8. The van der Waals surface area contributed by atoms with Crippen LogP contribution in [0.2, 0.25) is 0 Å². The van der Waals surface area contributed by atoms with E-state index in [0.717, 1.165) is 38.9 Å². The first-order chi connectivity index (χ1) is 8.86. The van der Waals surface area contributed by atoms with E-state index in [-0.39, 0.29) is 12.5 Å². The molecule has 1 unspecified atom stereocenters. The van der Waals surface area contributed by atoms with Crippen LogP contribution >= 0.6 is 0 Å². The quantitative estimate of drug-likeness (QED) is 0.757. The van der Waals surface area contributed by atoms with Crippen molar-refractivity contribution in [3.05, 3.63) is 0 Å². The lowest BCUT2D eigenvalue weighted by Gasteiger charge is -2.27. The number of rotatable bonds is 5. The Morgan fingerprint density at radius 1 is 1.17 bits per heavy atom. The van der Waals surface area contributed by atoms with Gasteiger partial charge in [-0.15, -0.1) is 0 Å². The molecule has 4 nitrogen and oxygen atoms in total. The topological polar surface area (TPSA) is 41.6 Å². The van der Waals surface area contributed by atoms with Gasteiger partial charge in [-0.25, -0.2) is 0 Å². The van der Waals surface area contributed by atoms with Crippen molar-refractivity contribution in [3.63, 3.8) is 0 Å². The molecule has 0 aliphatic carbocycles. The second-order valence-electron chi connectivity index (χ2n) is 5.43. The van der Waals surface area contributed by atoms with E-state index in [1.165, 1.54) is 25.7 Å². The van der Waals surface area contributed by atoms with Gasteiger partial charge in [-0.3, -0.25) is 4.79 Å². The molecule has 104 valence electrons. The van der Waals surface area contributed by atoms with Crippen molar-refractivity contribution in [1.29, 1.82) is 0 Å². The Kier molecular flexibility index (Phi) is 5.94. The predicted octanol–water partition coefficient (Wildman–Crippen LogP) is 1.55. The van der Waals surface area contributed by atoms with Crippen LogP contribution in [0.25, 0.3) is 0 Å². The molecule has 2 heterocycles. The number of nitrogens with zero attached hydrogens (tertiary/aromatic N) is 1. The van der Waals surface area contributed by atoms with Crippen molar-refractivity contribution in [2.45, 2.75) is 51.0 Å². The lowest BCUT2D eigenvalue weighted by molar-refractivity contribution is -0.137. The minimum atomic E-state index is 0.173. The fourth-order valence-electron chi connectivity index (χ4n) is 2.79. The van der Waals surface area contributed by atoms with E-state index in [1.54, 1.807) is 0 Å². The van der Waals surface area contributed by atoms with Crippen molar-refractivity contribution < 1.29 is 9.53 Å². The lowest BCUT2D eigenvalue weighted by Crippen LogP contribution is -2.38. The van der Waals surface area contributed by atoms with Gasteiger partial charge in [0, 0.05) is 25.7 Å². The van der Waals surface area contributed by atoms with Crippen LogP contribution in [0, 0.1) is 0 Å². The van der Waals surface area contributed by atoms with Crippen LogP contribution in [-0.4, -0.2) is 49.7 Å². The zero-order chi connectivity index (χ0) is 12.6. The summed E-state index contributed by atoms with van der Waals surface area (Å²) < 4.78 is 5.52. The van der Waals surface area contributed by atoms with Gasteiger partial charge in [0.05, 0.1) is 0 Å². The van der Waals surface area contributed by atoms with Gasteiger partial charge >= 0.3 is 0 Å². The van der Waals surface area contributed by atoms with E-state index >= 15 is 0 Å². The Hall–Kier alpha value is -0.610. The second-order valence-corrected chi connectivity index (χ2v) is 5.43. The molecule has 2 rings (SSSR count). The maximum absolute atomic E-state index is 11.8. The van der Waals surface area contributed by atoms with Gasteiger partial charge in [0.2, 0.25) is 5.91 Å². The standard InChI is InChI=1S/C14H26N2O2/c17-14(16-9-4-1-5-10-16)12-18-11-7-13-6-2-3-8-15-13/h13,15H,1-12H2. The van der Waals surface area contributed by atoms with Crippen molar-refractivity contribution in [2.24, 2.45) is 0 Å². The molecule has 0 radical (unpaired) electrons. The Bertz CT molecular complexity index is 246. The predicted molar refractivity (Wildman–Crippen MR) is 71.5 cm³/mol. The highest BCUT2D eigenvalue weighted by molar-refractivity contribution is 5.77. The number of hydrogen-bond donors (Lipinski definition) is 1. The number of ether oxygens (including phenoxy) is 1. The number of amides is 1. The Labute approximate surface area is 110 Å². The van der Waals surface area contributed by atoms with E-state index in [2.05, 4.69) is 5.32 Å². The molecule has 0 aromatic rings. The third-order valence-corrected chi connectivity index (χ3v) is 3.96. The van der Waals surface area contributed by atoms with Gasteiger partial charge in [-0.05, 0) is 45.1 Å². The third kappa shape index (κ3) is 4.58. The van der Waals surface area contributed by atoms with E-state index < -0.39 is 0 Å². The van der Waals surface area contributed by atoms with Gasteiger partial charge in [0.25, 0.3) is 0 Å². The van der Waals surface area contributed by atoms with Crippen LogP contribution in [0.4, 0.5) is 0 Å². The normalized spacial score (nSPS) is 25.1. The van der Waals surface area contributed by atoms with E-state index in [4.69, 9.17) is 4.74 Å². The summed E-state index contributed by atoms with van der Waals surface area (Å²) in [5.41, 5.74) is 0. The molecule has 18 heavy (non-hydrogen) atoms. The van der Waals surface area contributed by atoms with Crippen molar-refractivity contribution >= 4 is 5.91 Å². The average molecular weight is 254 g/mol. The van der Waals surface area contributed by atoms with Crippen LogP contribution in [0.5, 0.6) is 0 Å². The summed E-state index contributed by atoms with van der Waals surface area (Å²) in [6.07, 6.45) is 8.47. The molecule has 1 N–H and O–H groups in total. The van der Waals surface area contributed by atoms with Crippen LogP contribution in [0.3, 0.4) is 0 Å². The minimum Gasteiger partial charge on any atom is -0.372 e. The molecule has 1 amide bonds. The zero-order valence-corrected chi connectivity index (χ0v) is 11.3. The summed E-state index contributed by atoms with van der Waals surface area (Å²) in [7, 11) is 0. The monoisotopic (exact) mass is 254 g/mol. The molecule has 0 bridgehead atoms. The first-order valence-corrected chi connectivity index (χ1v) is 7.45. The first-order valence-electron chi connectivity index (χ1n) is 7.45. The maximum Gasteiger partial charge on any atom is 0.248 e. The van der Waals surface area contributed by atoms with E-state index in [1.807, 2.05) is 4.90 Å². The Morgan fingerprint density at radius 2 is 2.00 bits per heavy atom. The largest absolute Gasteiger partial charge is 0.372 e. The molecule has 2 aliphatic heterocycles. The fraction of sp³-hybridized carbons (Fsp3) is 0.929. The molecule has 2 fully saturated rings. The van der Waals surface area contributed by atoms with E-state index in [9.17, 15) is 4.79 Å². The summed E-state index contributed by atoms with van der Waals surface area (Å²) in [6, 6.07) is 0.601. The fourth-order valence-corrected chi connectivity index (χ4v) is 2.79. The number of carbonyl (C=O) groups is 1. The summed E-state index contributed by atoms with van der Waals surface area (Å²) >= 11 is 0. The lowest BCUT2D eigenvalue weighted by atomic mass is 10.0. The average Bonchev–Trinajstić information content (AvgIpc) is 2.45. The highest BCUT2D eigenvalue weighted by Crippen LogP contribution is 2.11. The Balaban J connectivity index is 1.52. The van der Waals surface area contributed by atoms with Gasteiger partial charge in [-0.2, -0.15) is 0 Å². The highest BCUT2D eigenvalue weighted by atomic mass is 16.5. The Morgan fingerprint density at radius 3 is 2.72 bits per heavy atom. The van der Waals surface area contributed by atoms with Gasteiger partial charge < -0.3 is 15.0 Å². The third-order valence-electron chi connectivity index (χ3n) is 3.96. The second kappa shape index (κ2) is 7.74.